The molecule has 0 spiro atoms. The molecule has 1 heterocycles. The highest BCUT2D eigenvalue weighted by atomic mass is 19.4. The first-order chi connectivity index (χ1) is 13.7. The number of carbonyl (C=O) groups excluding carboxylic acids is 2. The number of aliphatic carboxylic acids is 1. The van der Waals surface area contributed by atoms with Crippen LogP contribution in [-0.4, -0.2) is 22.9 Å². The van der Waals surface area contributed by atoms with E-state index in [0.717, 1.165) is 18.2 Å². The van der Waals surface area contributed by atoms with Gasteiger partial charge in [-0.2, -0.15) is 13.2 Å². The summed E-state index contributed by atoms with van der Waals surface area (Å²) in [5.41, 5.74) is 3.92. The molecule has 0 aliphatic carbocycles. The van der Waals surface area contributed by atoms with Crippen LogP contribution >= 0.6 is 0 Å². The topological polar surface area (TPSA) is 95.5 Å². The van der Waals surface area contributed by atoms with E-state index < -0.39 is 29.5 Å². The van der Waals surface area contributed by atoms with E-state index in [1.807, 2.05) is 0 Å². The van der Waals surface area contributed by atoms with Gasteiger partial charge in [-0.3, -0.25) is 20.4 Å². The Bertz CT molecular complexity index is 1040. The molecule has 1 aliphatic heterocycles. The number of hydrazine groups is 1. The van der Waals surface area contributed by atoms with E-state index in [9.17, 15) is 27.6 Å². The van der Waals surface area contributed by atoms with Crippen molar-refractivity contribution in [3.63, 3.8) is 0 Å². The first-order valence-electron chi connectivity index (χ1n) is 8.21. The second-order valence-electron chi connectivity index (χ2n) is 6.03. The van der Waals surface area contributed by atoms with Crippen molar-refractivity contribution in [3.8, 4) is 0 Å². The Kier molecular flexibility index (Phi) is 5.22. The Morgan fingerprint density at radius 1 is 0.931 bits per heavy atom. The second-order valence-corrected chi connectivity index (χ2v) is 6.03. The highest BCUT2D eigenvalue weighted by Gasteiger charge is 2.33. The van der Waals surface area contributed by atoms with Gasteiger partial charge in [0.05, 0.1) is 5.56 Å². The summed E-state index contributed by atoms with van der Waals surface area (Å²) >= 11 is 0. The molecule has 3 rings (SSSR count). The first kappa shape index (κ1) is 19.9. The van der Waals surface area contributed by atoms with E-state index in [1.165, 1.54) is 42.5 Å². The third kappa shape index (κ3) is 4.34. The van der Waals surface area contributed by atoms with Crippen LogP contribution in [0, 0.1) is 0 Å². The molecule has 0 atom stereocenters. The molecule has 148 valence electrons. The predicted octanol–water partition coefficient (Wildman–Crippen LogP) is 2.77. The fourth-order valence-corrected chi connectivity index (χ4v) is 2.80. The van der Waals surface area contributed by atoms with Crippen LogP contribution in [0.3, 0.4) is 0 Å². The molecule has 0 radical (unpaired) electrons. The summed E-state index contributed by atoms with van der Waals surface area (Å²) in [6.45, 7) is 0. The minimum atomic E-state index is -4.60. The molecule has 9 heteroatoms. The number of alkyl halides is 3. The van der Waals surface area contributed by atoms with E-state index in [0.29, 0.717) is 11.1 Å². The number of halogens is 3. The lowest BCUT2D eigenvalue weighted by atomic mass is 9.91. The maximum atomic E-state index is 13.1. The zero-order valence-electron chi connectivity index (χ0n) is 14.6. The minimum Gasteiger partial charge on any atom is -0.478 e. The number of carboxylic acid groups (broad SMARTS) is 1. The van der Waals surface area contributed by atoms with E-state index in [1.54, 1.807) is 0 Å². The molecule has 0 bridgehead atoms. The maximum absolute atomic E-state index is 13.1. The Morgan fingerprint density at radius 2 is 1.55 bits per heavy atom. The van der Waals surface area contributed by atoms with E-state index >= 15 is 0 Å². The third-order valence-corrected chi connectivity index (χ3v) is 4.09. The number of carboxylic acids is 1. The summed E-state index contributed by atoms with van der Waals surface area (Å²) in [7, 11) is 0. The summed E-state index contributed by atoms with van der Waals surface area (Å²) in [4.78, 5) is 34.9. The lowest BCUT2D eigenvalue weighted by Crippen LogP contribution is -2.28. The molecule has 29 heavy (non-hydrogen) atoms. The van der Waals surface area contributed by atoms with Crippen molar-refractivity contribution in [1.29, 1.82) is 0 Å². The van der Waals surface area contributed by atoms with Crippen molar-refractivity contribution in [2.24, 2.45) is 0 Å². The molecule has 2 aromatic carbocycles. The second kappa shape index (κ2) is 7.63. The first-order valence-corrected chi connectivity index (χ1v) is 8.21. The smallest absolute Gasteiger partial charge is 0.416 e. The van der Waals surface area contributed by atoms with Gasteiger partial charge in [0.25, 0.3) is 11.8 Å². The highest BCUT2D eigenvalue weighted by Crippen LogP contribution is 2.34. The van der Waals surface area contributed by atoms with Crippen molar-refractivity contribution in [3.05, 3.63) is 82.4 Å². The molecule has 0 aromatic heterocycles. The van der Waals surface area contributed by atoms with Gasteiger partial charge < -0.3 is 5.11 Å². The van der Waals surface area contributed by atoms with E-state index in [4.69, 9.17) is 5.11 Å². The average molecular weight is 402 g/mol. The molecular formula is C20H13F3N2O4. The zero-order valence-corrected chi connectivity index (χ0v) is 14.6. The summed E-state index contributed by atoms with van der Waals surface area (Å²) in [5.74, 6) is -2.67. The molecule has 6 nitrogen and oxygen atoms in total. The van der Waals surface area contributed by atoms with Crippen LogP contribution in [0.1, 0.15) is 22.3 Å². The molecule has 0 unspecified atom stereocenters. The van der Waals surface area contributed by atoms with Gasteiger partial charge in [0.1, 0.15) is 5.57 Å². The third-order valence-electron chi connectivity index (χ3n) is 4.09. The lowest BCUT2D eigenvalue weighted by Gasteiger charge is -2.13. The fraction of sp³-hybridized carbons (Fsp3) is 0.0500. The Labute approximate surface area is 162 Å². The van der Waals surface area contributed by atoms with Gasteiger partial charge in [-0.05, 0) is 34.9 Å². The van der Waals surface area contributed by atoms with Crippen molar-refractivity contribution in [2.75, 3.05) is 0 Å². The van der Waals surface area contributed by atoms with Gasteiger partial charge in [0, 0.05) is 11.6 Å². The summed E-state index contributed by atoms with van der Waals surface area (Å²) in [5, 5.41) is 8.68. The van der Waals surface area contributed by atoms with E-state index in [-0.39, 0.29) is 16.7 Å². The van der Waals surface area contributed by atoms with Crippen LogP contribution < -0.4 is 10.9 Å². The highest BCUT2D eigenvalue weighted by molar-refractivity contribution is 6.28. The van der Waals surface area contributed by atoms with Crippen LogP contribution in [0.2, 0.25) is 0 Å². The van der Waals surface area contributed by atoms with Crippen LogP contribution in [-0.2, 0) is 20.6 Å². The van der Waals surface area contributed by atoms with Crippen LogP contribution in [0.15, 0.2) is 60.2 Å². The van der Waals surface area contributed by atoms with Crippen LogP contribution in [0.4, 0.5) is 13.2 Å². The summed E-state index contributed by atoms with van der Waals surface area (Å²) < 4.78 is 39.4. The molecule has 1 saturated heterocycles. The van der Waals surface area contributed by atoms with Gasteiger partial charge in [0.2, 0.25) is 0 Å². The monoisotopic (exact) mass is 402 g/mol. The zero-order chi connectivity index (χ0) is 21.2. The molecule has 1 aliphatic rings. The van der Waals surface area contributed by atoms with E-state index in [2.05, 4.69) is 10.9 Å². The van der Waals surface area contributed by atoms with Crippen LogP contribution in [0.5, 0.6) is 0 Å². The lowest BCUT2D eigenvalue weighted by molar-refractivity contribution is -0.137. The number of hydrogen-bond acceptors (Lipinski definition) is 3. The van der Waals surface area contributed by atoms with Gasteiger partial charge in [-0.1, -0.05) is 36.4 Å². The van der Waals surface area contributed by atoms with Gasteiger partial charge in [0.15, 0.2) is 0 Å². The van der Waals surface area contributed by atoms with Crippen molar-refractivity contribution in [2.45, 2.75) is 6.18 Å². The normalized spacial score (nSPS) is 14.1. The van der Waals surface area contributed by atoms with Crippen molar-refractivity contribution < 1.29 is 32.7 Å². The Morgan fingerprint density at radius 3 is 2.10 bits per heavy atom. The fourth-order valence-electron chi connectivity index (χ4n) is 2.80. The molecular weight excluding hydrogens is 389 g/mol. The number of rotatable bonds is 4. The molecule has 2 aromatic rings. The molecule has 0 saturated carbocycles. The predicted molar refractivity (Wildman–Crippen MR) is 96.9 cm³/mol. The van der Waals surface area contributed by atoms with Crippen molar-refractivity contribution >= 4 is 29.4 Å². The minimum absolute atomic E-state index is 0.0253. The quantitative estimate of drug-likeness (QED) is 0.541. The summed E-state index contributed by atoms with van der Waals surface area (Å²) in [6, 6.07) is 10.3. The van der Waals surface area contributed by atoms with Crippen LogP contribution in [0.25, 0.3) is 11.6 Å². The molecule has 3 N–H and O–H groups in total. The maximum Gasteiger partial charge on any atom is 0.416 e. The van der Waals surface area contributed by atoms with Gasteiger partial charge in [-0.15, -0.1) is 0 Å². The number of benzene rings is 2. The van der Waals surface area contributed by atoms with Crippen molar-refractivity contribution in [1.82, 2.24) is 10.9 Å². The average Bonchev–Trinajstić information content (AvgIpc) is 3.00. The standard InChI is InChI=1S/C20H13F3N2O4/c21-20(22,23)14-3-1-2-13(10-14)16(17-18(28)24-25-19(17)29)12-7-4-11(5-8-12)6-9-15(26)27/h1-10H,(H,24,28)(H,25,29)(H,26,27)/b9-6+. The number of nitrogens with one attached hydrogen (secondary N) is 2. The van der Waals surface area contributed by atoms with Gasteiger partial charge >= 0.3 is 12.1 Å². The Hall–Kier alpha value is -3.88. The SMILES string of the molecule is O=C(O)/C=C/c1ccc(C(=C2C(=O)NNC2=O)c2cccc(C(F)(F)F)c2)cc1. The number of amides is 2. The molecule has 1 fully saturated rings. The van der Waals surface area contributed by atoms with Gasteiger partial charge in [-0.25, -0.2) is 4.79 Å². The summed E-state index contributed by atoms with van der Waals surface area (Å²) in [6.07, 6.45) is -2.34. The number of carbonyl (C=O) groups is 3. The molecule has 2 amide bonds. The number of hydrogen-bond donors (Lipinski definition) is 3. The Balaban J connectivity index is 2.16. The largest absolute Gasteiger partial charge is 0.478 e.